The molecule has 1 atom stereocenters. The minimum absolute atomic E-state index is 0.0149. The molecule has 0 heterocycles. The Kier molecular flexibility index (Phi) is 36.0. The first-order chi connectivity index (χ1) is 24.4. The highest BCUT2D eigenvalue weighted by molar-refractivity contribution is 6.02. The van der Waals surface area contributed by atoms with E-state index in [1.807, 2.05) is 13.8 Å². The SMILES string of the molecule is CC[C@@](CO)(C(=O)O)C(=O)NCCOCCOCCOCCOCCOCCOCCOCCOCCOCCOCCOCCOC(C)C. The molecule has 17 nitrogen and oxygen atoms in total. The van der Waals surface area contributed by atoms with Crippen LogP contribution in [0, 0.1) is 5.41 Å². The zero-order chi connectivity index (χ0) is 36.8. The molecule has 0 aromatic carbocycles. The second kappa shape index (κ2) is 37.2. The summed E-state index contributed by atoms with van der Waals surface area (Å²) in [6, 6.07) is 0. The number of aliphatic hydroxyl groups excluding tert-OH is 1. The van der Waals surface area contributed by atoms with E-state index in [2.05, 4.69) is 5.32 Å². The topological polar surface area (TPSA) is 197 Å². The van der Waals surface area contributed by atoms with Crippen molar-refractivity contribution in [1.29, 1.82) is 0 Å². The largest absolute Gasteiger partial charge is 0.480 e. The van der Waals surface area contributed by atoms with Gasteiger partial charge in [0.1, 0.15) is 0 Å². The van der Waals surface area contributed by atoms with Crippen LogP contribution in [0.3, 0.4) is 0 Å². The van der Waals surface area contributed by atoms with E-state index in [1.165, 1.54) is 6.92 Å². The predicted molar refractivity (Wildman–Crippen MR) is 181 cm³/mol. The number of hydrogen-bond acceptors (Lipinski definition) is 15. The van der Waals surface area contributed by atoms with Gasteiger partial charge >= 0.3 is 5.97 Å². The standard InChI is InChI=1S/C33H65NO16/c1-4-33(29-35,32(37)38)31(36)34-5-6-39-7-8-40-9-10-41-11-12-42-13-14-43-15-16-44-17-18-45-19-20-46-21-22-47-23-24-48-25-26-49-27-28-50-30(2)3/h30,35H,4-29H2,1-3H3,(H,34,36)(H,37,38)/t33-/m0/s1. The van der Waals surface area contributed by atoms with Crippen molar-refractivity contribution < 1.29 is 76.6 Å². The number of nitrogens with one attached hydrogen (secondary N) is 1. The number of carbonyl (C=O) groups is 2. The van der Waals surface area contributed by atoms with E-state index in [0.29, 0.717) is 145 Å². The normalized spacial score (nSPS) is 12.8. The summed E-state index contributed by atoms with van der Waals surface area (Å²) >= 11 is 0. The van der Waals surface area contributed by atoms with Crippen LogP contribution in [0.5, 0.6) is 0 Å². The summed E-state index contributed by atoms with van der Waals surface area (Å²) in [6.07, 6.45) is 0.206. The molecule has 298 valence electrons. The number of amides is 1. The fraction of sp³-hybridized carbons (Fsp3) is 0.939. The van der Waals surface area contributed by atoms with Crippen molar-refractivity contribution >= 4 is 11.9 Å². The van der Waals surface area contributed by atoms with E-state index in [-0.39, 0.29) is 25.7 Å². The smallest absolute Gasteiger partial charge is 0.321 e. The van der Waals surface area contributed by atoms with E-state index >= 15 is 0 Å². The Morgan fingerprint density at radius 3 is 0.980 bits per heavy atom. The number of hydrogen-bond donors (Lipinski definition) is 3. The molecule has 0 rings (SSSR count). The molecular formula is C33H65NO16. The van der Waals surface area contributed by atoms with Gasteiger partial charge in [-0.15, -0.1) is 0 Å². The lowest BCUT2D eigenvalue weighted by Gasteiger charge is -2.24. The summed E-state index contributed by atoms with van der Waals surface area (Å²) in [7, 11) is 0. The van der Waals surface area contributed by atoms with Crippen LogP contribution in [-0.2, 0) is 66.4 Å². The molecule has 17 heteroatoms. The first kappa shape index (κ1) is 48.4. The highest BCUT2D eigenvalue weighted by Gasteiger charge is 2.43. The Bertz CT molecular complexity index is 745. The van der Waals surface area contributed by atoms with Gasteiger partial charge in [0.05, 0.1) is 165 Å². The van der Waals surface area contributed by atoms with Gasteiger partial charge < -0.3 is 72.4 Å². The highest BCUT2D eigenvalue weighted by Crippen LogP contribution is 2.21. The highest BCUT2D eigenvalue weighted by atomic mass is 16.6. The fourth-order valence-corrected chi connectivity index (χ4v) is 3.71. The molecular weight excluding hydrogens is 666 g/mol. The predicted octanol–water partition coefficient (Wildman–Crippen LogP) is 0.184. The number of ether oxygens (including phenoxy) is 12. The molecule has 1 amide bonds. The average molecular weight is 732 g/mol. The van der Waals surface area contributed by atoms with Crippen LogP contribution in [-0.4, -0.2) is 193 Å². The van der Waals surface area contributed by atoms with Crippen LogP contribution in [0.4, 0.5) is 0 Å². The third kappa shape index (κ3) is 30.1. The van der Waals surface area contributed by atoms with Gasteiger partial charge in [-0.2, -0.15) is 0 Å². The Morgan fingerprint density at radius 1 is 0.500 bits per heavy atom. The minimum Gasteiger partial charge on any atom is -0.480 e. The van der Waals surface area contributed by atoms with Gasteiger partial charge in [0, 0.05) is 6.54 Å². The van der Waals surface area contributed by atoms with Gasteiger partial charge in [0.15, 0.2) is 5.41 Å². The zero-order valence-corrected chi connectivity index (χ0v) is 30.6. The summed E-state index contributed by atoms with van der Waals surface area (Å²) < 4.78 is 65.2. The van der Waals surface area contributed by atoms with Crippen LogP contribution in [0.25, 0.3) is 0 Å². The maximum Gasteiger partial charge on any atom is 0.321 e. The molecule has 0 bridgehead atoms. The van der Waals surface area contributed by atoms with Crippen molar-refractivity contribution in [1.82, 2.24) is 5.32 Å². The van der Waals surface area contributed by atoms with Crippen LogP contribution in [0.15, 0.2) is 0 Å². The molecule has 0 radical (unpaired) electrons. The number of carboxylic acids is 1. The summed E-state index contributed by atoms with van der Waals surface area (Å²) in [6.45, 7) is 15.5. The first-order valence-corrected chi connectivity index (χ1v) is 17.5. The third-order valence-electron chi connectivity index (χ3n) is 6.65. The summed E-state index contributed by atoms with van der Waals surface area (Å²) in [5.41, 5.74) is -1.83. The average Bonchev–Trinajstić information content (AvgIpc) is 3.10. The van der Waals surface area contributed by atoms with Crippen molar-refractivity contribution in [3.8, 4) is 0 Å². The molecule has 0 saturated carbocycles. The van der Waals surface area contributed by atoms with Gasteiger partial charge in [-0.3, -0.25) is 9.59 Å². The Balaban J connectivity index is 3.20. The Labute approximate surface area is 297 Å². The van der Waals surface area contributed by atoms with Crippen LogP contribution in [0.1, 0.15) is 27.2 Å². The molecule has 0 aromatic heterocycles. The second-order valence-electron chi connectivity index (χ2n) is 10.8. The fourth-order valence-electron chi connectivity index (χ4n) is 3.71. The third-order valence-corrected chi connectivity index (χ3v) is 6.65. The molecule has 0 spiro atoms. The Hall–Kier alpha value is -1.58. The van der Waals surface area contributed by atoms with E-state index in [1.54, 1.807) is 0 Å². The second-order valence-corrected chi connectivity index (χ2v) is 10.8. The van der Waals surface area contributed by atoms with Gasteiger partial charge in [0.25, 0.3) is 0 Å². The van der Waals surface area contributed by atoms with Crippen LogP contribution >= 0.6 is 0 Å². The molecule has 0 aliphatic rings. The monoisotopic (exact) mass is 731 g/mol. The van der Waals surface area contributed by atoms with Crippen molar-refractivity contribution in [2.24, 2.45) is 5.41 Å². The van der Waals surface area contributed by atoms with Gasteiger partial charge in [0.2, 0.25) is 5.91 Å². The lowest BCUT2D eigenvalue weighted by molar-refractivity contribution is -0.159. The first-order valence-electron chi connectivity index (χ1n) is 17.5. The van der Waals surface area contributed by atoms with Gasteiger partial charge in [-0.05, 0) is 20.3 Å². The number of carboxylic acid groups (broad SMARTS) is 1. The molecule has 3 N–H and O–H groups in total. The van der Waals surface area contributed by atoms with Crippen molar-refractivity contribution in [3.05, 3.63) is 0 Å². The van der Waals surface area contributed by atoms with Crippen molar-refractivity contribution in [3.63, 3.8) is 0 Å². The number of carbonyl (C=O) groups excluding carboxylic acids is 1. The van der Waals surface area contributed by atoms with Crippen molar-refractivity contribution in [2.75, 3.05) is 165 Å². The summed E-state index contributed by atoms with van der Waals surface area (Å²) in [5.74, 6) is -2.09. The molecule has 0 aliphatic carbocycles. The number of rotatable bonds is 41. The number of aliphatic hydroxyl groups is 1. The molecule has 50 heavy (non-hydrogen) atoms. The quantitative estimate of drug-likeness (QED) is 0.0568. The Morgan fingerprint density at radius 2 is 0.760 bits per heavy atom. The summed E-state index contributed by atoms with van der Waals surface area (Å²) in [4.78, 5) is 23.4. The summed E-state index contributed by atoms with van der Waals surface area (Å²) in [5, 5.41) is 21.0. The molecule has 0 fully saturated rings. The minimum atomic E-state index is -1.83. The molecule has 0 aliphatic heterocycles. The van der Waals surface area contributed by atoms with Crippen LogP contribution in [0.2, 0.25) is 0 Å². The maximum atomic E-state index is 12.1. The van der Waals surface area contributed by atoms with E-state index < -0.39 is 23.9 Å². The molecule has 0 unspecified atom stereocenters. The lowest BCUT2D eigenvalue weighted by atomic mass is 9.85. The maximum absolute atomic E-state index is 12.1. The van der Waals surface area contributed by atoms with E-state index in [4.69, 9.17) is 56.8 Å². The van der Waals surface area contributed by atoms with Gasteiger partial charge in [-0.25, -0.2) is 0 Å². The molecule has 0 saturated heterocycles. The molecule has 0 aromatic rings. The van der Waals surface area contributed by atoms with E-state index in [0.717, 1.165) is 0 Å². The van der Waals surface area contributed by atoms with E-state index in [9.17, 15) is 19.8 Å². The lowest BCUT2D eigenvalue weighted by Crippen LogP contribution is -2.49. The van der Waals surface area contributed by atoms with Crippen LogP contribution < -0.4 is 5.32 Å². The zero-order valence-electron chi connectivity index (χ0n) is 30.6. The van der Waals surface area contributed by atoms with Gasteiger partial charge in [-0.1, -0.05) is 6.92 Å². The van der Waals surface area contributed by atoms with Crippen molar-refractivity contribution in [2.45, 2.75) is 33.3 Å². The number of aliphatic carboxylic acids is 1.